The minimum Gasteiger partial charge on any atom is -0.455 e. The fraction of sp³-hybridized carbons (Fsp3) is 0.167. The molecular weight excluding hydrogens is 446 g/mol. The van der Waals surface area contributed by atoms with Crippen molar-refractivity contribution in [2.45, 2.75) is 6.42 Å². The molecule has 1 heterocycles. The Balaban J connectivity index is 1.29. The van der Waals surface area contributed by atoms with Crippen molar-refractivity contribution in [2.24, 2.45) is 5.92 Å². The molecular formula is C24H20ClN3O5. The largest absolute Gasteiger partial charge is 0.455 e. The molecule has 3 amide bonds. The SMILES string of the molecule is O=C(COC(=O)[C@@H]1CC(=O)N(NC(=O)c2ccc(Cl)cc2)C1)Nc1cccc2ccccc12. The zero-order chi connectivity index (χ0) is 23.4. The first-order valence-corrected chi connectivity index (χ1v) is 10.6. The molecule has 33 heavy (non-hydrogen) atoms. The van der Waals surface area contributed by atoms with Gasteiger partial charge >= 0.3 is 5.97 Å². The summed E-state index contributed by atoms with van der Waals surface area (Å²) in [5.74, 6) is -2.87. The van der Waals surface area contributed by atoms with Crippen LogP contribution in [0.25, 0.3) is 10.8 Å². The van der Waals surface area contributed by atoms with Gasteiger partial charge in [-0.3, -0.25) is 29.6 Å². The normalized spacial score (nSPS) is 15.4. The second kappa shape index (κ2) is 9.70. The Morgan fingerprint density at radius 2 is 1.73 bits per heavy atom. The quantitative estimate of drug-likeness (QED) is 0.544. The Morgan fingerprint density at radius 3 is 2.52 bits per heavy atom. The van der Waals surface area contributed by atoms with Gasteiger partial charge in [0.15, 0.2) is 6.61 Å². The molecule has 1 saturated heterocycles. The van der Waals surface area contributed by atoms with Crippen LogP contribution in [0.15, 0.2) is 66.7 Å². The molecule has 0 radical (unpaired) electrons. The average molecular weight is 466 g/mol. The first kappa shape index (κ1) is 22.3. The van der Waals surface area contributed by atoms with E-state index in [2.05, 4.69) is 10.7 Å². The van der Waals surface area contributed by atoms with Crippen LogP contribution in [-0.2, 0) is 19.1 Å². The first-order valence-electron chi connectivity index (χ1n) is 10.2. The van der Waals surface area contributed by atoms with E-state index >= 15 is 0 Å². The maximum atomic E-state index is 12.4. The topological polar surface area (TPSA) is 105 Å². The van der Waals surface area contributed by atoms with Crippen molar-refractivity contribution in [1.29, 1.82) is 0 Å². The van der Waals surface area contributed by atoms with Crippen LogP contribution >= 0.6 is 11.6 Å². The van der Waals surface area contributed by atoms with Gasteiger partial charge < -0.3 is 10.1 Å². The van der Waals surface area contributed by atoms with E-state index in [0.717, 1.165) is 15.8 Å². The van der Waals surface area contributed by atoms with Gasteiger partial charge in [0.1, 0.15) is 0 Å². The Labute approximate surface area is 194 Å². The highest BCUT2D eigenvalue weighted by Gasteiger charge is 2.36. The van der Waals surface area contributed by atoms with Gasteiger partial charge in [0.25, 0.3) is 11.8 Å². The summed E-state index contributed by atoms with van der Waals surface area (Å²) in [6.07, 6.45) is -0.120. The molecule has 0 aromatic heterocycles. The summed E-state index contributed by atoms with van der Waals surface area (Å²) in [4.78, 5) is 49.2. The van der Waals surface area contributed by atoms with E-state index in [4.69, 9.17) is 16.3 Å². The van der Waals surface area contributed by atoms with Gasteiger partial charge in [-0.2, -0.15) is 0 Å². The smallest absolute Gasteiger partial charge is 0.311 e. The van der Waals surface area contributed by atoms with Gasteiger partial charge in [-0.25, -0.2) is 0 Å². The van der Waals surface area contributed by atoms with Crippen LogP contribution in [0.4, 0.5) is 5.69 Å². The number of rotatable bonds is 6. The van der Waals surface area contributed by atoms with Crippen LogP contribution in [0.1, 0.15) is 16.8 Å². The molecule has 0 aliphatic carbocycles. The van der Waals surface area contributed by atoms with Crippen LogP contribution in [0, 0.1) is 5.92 Å². The molecule has 1 aliphatic rings. The van der Waals surface area contributed by atoms with Crippen LogP contribution < -0.4 is 10.7 Å². The number of esters is 1. The molecule has 1 atom stereocenters. The van der Waals surface area contributed by atoms with Gasteiger partial charge in [-0.15, -0.1) is 0 Å². The number of hydrogen-bond donors (Lipinski definition) is 2. The Kier molecular flexibility index (Phi) is 6.55. The maximum Gasteiger partial charge on any atom is 0.311 e. The molecule has 4 rings (SSSR count). The van der Waals surface area contributed by atoms with Gasteiger partial charge in [0, 0.05) is 28.1 Å². The summed E-state index contributed by atoms with van der Waals surface area (Å²) in [7, 11) is 0. The van der Waals surface area contributed by atoms with Crippen LogP contribution in [0.2, 0.25) is 5.02 Å². The third kappa shape index (κ3) is 5.30. The number of hydrogen-bond acceptors (Lipinski definition) is 5. The minimum absolute atomic E-state index is 0.0397. The fourth-order valence-electron chi connectivity index (χ4n) is 3.54. The summed E-state index contributed by atoms with van der Waals surface area (Å²) in [6, 6.07) is 19.3. The summed E-state index contributed by atoms with van der Waals surface area (Å²) in [5, 5.41) is 6.14. The second-order valence-corrected chi connectivity index (χ2v) is 7.97. The third-order valence-corrected chi connectivity index (χ3v) is 5.46. The highest BCUT2D eigenvalue weighted by atomic mass is 35.5. The van der Waals surface area contributed by atoms with Gasteiger partial charge in [0.2, 0.25) is 5.91 Å². The number of benzene rings is 3. The van der Waals surface area contributed by atoms with Gasteiger partial charge in [-0.05, 0) is 35.7 Å². The first-order chi connectivity index (χ1) is 15.9. The molecule has 3 aromatic carbocycles. The van der Waals surface area contributed by atoms with E-state index < -0.39 is 36.2 Å². The monoisotopic (exact) mass is 465 g/mol. The predicted molar refractivity (Wildman–Crippen MR) is 122 cm³/mol. The standard InChI is InChI=1S/C24H20ClN3O5/c25-18-10-8-16(9-11-18)23(31)27-28-13-17(12-22(28)30)24(32)33-14-21(29)26-20-7-3-5-15-4-1-2-6-19(15)20/h1-11,17H,12-14H2,(H,26,29)(H,27,31)/t17-/m1/s1. The van der Waals surface area contributed by atoms with E-state index in [-0.39, 0.29) is 13.0 Å². The number of ether oxygens (including phenoxy) is 1. The molecule has 3 aromatic rings. The second-order valence-electron chi connectivity index (χ2n) is 7.54. The van der Waals surface area contributed by atoms with E-state index in [0.29, 0.717) is 16.3 Å². The lowest BCUT2D eigenvalue weighted by Crippen LogP contribution is -2.43. The number of carbonyl (C=O) groups is 4. The Bertz CT molecular complexity index is 1220. The Hall–Kier alpha value is -3.91. The van der Waals surface area contributed by atoms with Gasteiger partial charge in [0.05, 0.1) is 12.5 Å². The van der Waals surface area contributed by atoms with E-state index in [1.165, 1.54) is 12.1 Å². The van der Waals surface area contributed by atoms with Crippen LogP contribution in [0.5, 0.6) is 0 Å². The zero-order valence-corrected chi connectivity index (χ0v) is 18.2. The average Bonchev–Trinajstić information content (AvgIpc) is 3.18. The predicted octanol–water partition coefficient (Wildman–Crippen LogP) is 3.17. The molecule has 0 unspecified atom stereocenters. The van der Waals surface area contributed by atoms with Crippen molar-refractivity contribution < 1.29 is 23.9 Å². The molecule has 1 aliphatic heterocycles. The van der Waals surface area contributed by atoms with Crippen LogP contribution in [-0.4, -0.2) is 41.9 Å². The zero-order valence-electron chi connectivity index (χ0n) is 17.4. The summed E-state index contributed by atoms with van der Waals surface area (Å²) in [6.45, 7) is -0.522. The van der Waals surface area contributed by atoms with Crippen molar-refractivity contribution in [2.75, 3.05) is 18.5 Å². The third-order valence-electron chi connectivity index (χ3n) is 5.21. The summed E-state index contributed by atoms with van der Waals surface area (Å²) >= 11 is 5.81. The summed E-state index contributed by atoms with van der Waals surface area (Å²) in [5.41, 5.74) is 3.41. The fourth-order valence-corrected chi connectivity index (χ4v) is 3.66. The van der Waals surface area contributed by atoms with E-state index in [9.17, 15) is 19.2 Å². The number of hydrazine groups is 1. The van der Waals surface area contributed by atoms with Crippen molar-refractivity contribution in [3.63, 3.8) is 0 Å². The summed E-state index contributed by atoms with van der Waals surface area (Å²) < 4.78 is 5.11. The Morgan fingerprint density at radius 1 is 1.00 bits per heavy atom. The molecule has 9 heteroatoms. The number of amides is 3. The molecule has 0 spiro atoms. The van der Waals surface area contributed by atoms with Crippen LogP contribution in [0.3, 0.4) is 0 Å². The lowest BCUT2D eigenvalue weighted by Gasteiger charge is -2.17. The molecule has 0 bridgehead atoms. The lowest BCUT2D eigenvalue weighted by atomic mass is 10.1. The van der Waals surface area contributed by atoms with Crippen molar-refractivity contribution in [3.8, 4) is 0 Å². The van der Waals surface area contributed by atoms with Gasteiger partial charge in [-0.1, -0.05) is 48.0 Å². The molecule has 1 fully saturated rings. The molecule has 2 N–H and O–H groups in total. The number of halogens is 1. The minimum atomic E-state index is -0.784. The maximum absolute atomic E-state index is 12.4. The number of anilines is 1. The highest BCUT2D eigenvalue weighted by Crippen LogP contribution is 2.23. The molecule has 168 valence electrons. The van der Waals surface area contributed by atoms with E-state index in [1.807, 2.05) is 36.4 Å². The number of nitrogens with zero attached hydrogens (tertiary/aromatic N) is 1. The highest BCUT2D eigenvalue weighted by molar-refractivity contribution is 6.30. The van der Waals surface area contributed by atoms with Crippen molar-refractivity contribution in [1.82, 2.24) is 10.4 Å². The lowest BCUT2D eigenvalue weighted by molar-refractivity contribution is -0.151. The number of carbonyl (C=O) groups excluding carboxylic acids is 4. The number of nitrogens with one attached hydrogen (secondary N) is 2. The van der Waals surface area contributed by atoms with E-state index in [1.54, 1.807) is 18.2 Å². The molecule has 8 nitrogen and oxygen atoms in total. The molecule has 0 saturated carbocycles. The number of fused-ring (bicyclic) bond motifs is 1. The van der Waals surface area contributed by atoms with Crippen molar-refractivity contribution >= 4 is 51.8 Å². The van der Waals surface area contributed by atoms with Crippen molar-refractivity contribution in [3.05, 3.63) is 77.3 Å².